The fourth-order valence-corrected chi connectivity index (χ4v) is 3.15. The molecule has 0 radical (unpaired) electrons. The molecule has 0 aromatic rings. The van der Waals surface area contributed by atoms with Gasteiger partial charge < -0.3 is 0 Å². The summed E-state index contributed by atoms with van der Waals surface area (Å²) >= 11 is 0. The van der Waals surface area contributed by atoms with Crippen molar-refractivity contribution in [3.8, 4) is 0 Å². The molecule has 3 N–H and O–H groups in total. The van der Waals surface area contributed by atoms with Crippen LogP contribution in [0.25, 0.3) is 0 Å². The molecule has 1 saturated carbocycles. The van der Waals surface area contributed by atoms with Gasteiger partial charge in [-0.25, -0.2) is 5.84 Å². The number of carbonyl (C=O) groups excluding carboxylic acids is 1. The standard InChI is InChI=1S/C11H21N3O/c12-13-11(15)8-14-7-3-6-10(14)9-4-1-2-5-9/h9-10H,1-8,12H2,(H,13,15). The van der Waals surface area contributed by atoms with Gasteiger partial charge in [0, 0.05) is 6.04 Å². The predicted molar refractivity (Wildman–Crippen MR) is 58.9 cm³/mol. The first kappa shape index (κ1) is 10.9. The van der Waals surface area contributed by atoms with Crippen LogP contribution in [0.2, 0.25) is 0 Å². The summed E-state index contributed by atoms with van der Waals surface area (Å²) in [6.45, 7) is 1.55. The Morgan fingerprint density at radius 3 is 2.67 bits per heavy atom. The number of hydrogen-bond donors (Lipinski definition) is 2. The molecule has 1 aliphatic heterocycles. The largest absolute Gasteiger partial charge is 0.293 e. The Labute approximate surface area is 91.2 Å². The zero-order valence-electron chi connectivity index (χ0n) is 9.24. The molecule has 4 heteroatoms. The second-order valence-electron chi connectivity index (χ2n) is 4.79. The number of hydrazine groups is 1. The van der Waals surface area contributed by atoms with E-state index in [4.69, 9.17) is 5.84 Å². The molecular formula is C11H21N3O. The van der Waals surface area contributed by atoms with E-state index >= 15 is 0 Å². The Balaban J connectivity index is 1.89. The van der Waals surface area contributed by atoms with E-state index in [1.165, 1.54) is 38.5 Å². The molecule has 1 saturated heterocycles. The minimum Gasteiger partial charge on any atom is -0.293 e. The second-order valence-corrected chi connectivity index (χ2v) is 4.79. The normalized spacial score (nSPS) is 28.5. The predicted octanol–water partition coefficient (Wildman–Crippen LogP) is 0.631. The van der Waals surface area contributed by atoms with Crippen LogP contribution in [0, 0.1) is 5.92 Å². The van der Waals surface area contributed by atoms with Crippen LogP contribution >= 0.6 is 0 Å². The van der Waals surface area contributed by atoms with Crippen molar-refractivity contribution in [2.75, 3.05) is 13.1 Å². The summed E-state index contributed by atoms with van der Waals surface area (Å²) in [7, 11) is 0. The molecule has 0 bridgehead atoms. The van der Waals surface area contributed by atoms with Crippen LogP contribution in [0.3, 0.4) is 0 Å². The minimum absolute atomic E-state index is 0.0557. The molecule has 1 atom stereocenters. The summed E-state index contributed by atoms with van der Waals surface area (Å²) in [5, 5.41) is 0. The van der Waals surface area contributed by atoms with Gasteiger partial charge in [-0.15, -0.1) is 0 Å². The Morgan fingerprint density at radius 1 is 1.27 bits per heavy atom. The number of amides is 1. The van der Waals surface area contributed by atoms with Crippen LogP contribution in [-0.2, 0) is 4.79 Å². The second kappa shape index (κ2) is 4.94. The van der Waals surface area contributed by atoms with Crippen LogP contribution < -0.4 is 11.3 Å². The summed E-state index contributed by atoms with van der Waals surface area (Å²) in [6.07, 6.45) is 7.95. The maximum absolute atomic E-state index is 11.3. The molecule has 4 nitrogen and oxygen atoms in total. The van der Waals surface area contributed by atoms with E-state index < -0.39 is 0 Å². The van der Waals surface area contributed by atoms with Gasteiger partial charge in [-0.05, 0) is 38.1 Å². The third-order valence-electron chi connectivity index (χ3n) is 3.87. The lowest BCUT2D eigenvalue weighted by atomic mass is 9.96. The van der Waals surface area contributed by atoms with Gasteiger partial charge in [0.15, 0.2) is 0 Å². The first-order valence-electron chi connectivity index (χ1n) is 6.05. The van der Waals surface area contributed by atoms with Gasteiger partial charge in [0.05, 0.1) is 6.54 Å². The Hall–Kier alpha value is -0.610. The van der Waals surface area contributed by atoms with Gasteiger partial charge in [-0.3, -0.25) is 15.1 Å². The molecule has 1 unspecified atom stereocenters. The van der Waals surface area contributed by atoms with Crippen molar-refractivity contribution in [1.29, 1.82) is 0 Å². The maximum Gasteiger partial charge on any atom is 0.248 e. The highest BCUT2D eigenvalue weighted by Crippen LogP contribution is 2.35. The van der Waals surface area contributed by atoms with Crippen molar-refractivity contribution >= 4 is 5.91 Å². The van der Waals surface area contributed by atoms with Crippen LogP contribution in [0.4, 0.5) is 0 Å². The molecule has 1 aliphatic carbocycles. The highest BCUT2D eigenvalue weighted by atomic mass is 16.2. The van der Waals surface area contributed by atoms with Crippen molar-refractivity contribution in [3.05, 3.63) is 0 Å². The van der Waals surface area contributed by atoms with Crippen LogP contribution in [0.1, 0.15) is 38.5 Å². The lowest BCUT2D eigenvalue weighted by Gasteiger charge is -2.28. The molecule has 0 spiro atoms. The van der Waals surface area contributed by atoms with E-state index in [1.807, 2.05) is 0 Å². The topological polar surface area (TPSA) is 58.4 Å². The van der Waals surface area contributed by atoms with Crippen LogP contribution in [0.5, 0.6) is 0 Å². The van der Waals surface area contributed by atoms with Crippen LogP contribution in [0.15, 0.2) is 0 Å². The first-order chi connectivity index (χ1) is 7.31. The molecule has 0 aromatic carbocycles. The summed E-state index contributed by atoms with van der Waals surface area (Å²) in [5.41, 5.74) is 2.22. The van der Waals surface area contributed by atoms with Crippen molar-refractivity contribution in [1.82, 2.24) is 10.3 Å². The van der Waals surface area contributed by atoms with Gasteiger partial charge in [-0.2, -0.15) is 0 Å². The number of nitrogens with zero attached hydrogens (tertiary/aromatic N) is 1. The smallest absolute Gasteiger partial charge is 0.248 e. The van der Waals surface area contributed by atoms with Crippen molar-refractivity contribution < 1.29 is 4.79 Å². The van der Waals surface area contributed by atoms with Gasteiger partial charge >= 0.3 is 0 Å². The highest BCUT2D eigenvalue weighted by molar-refractivity contribution is 5.77. The summed E-state index contributed by atoms with van der Waals surface area (Å²) in [4.78, 5) is 13.6. The molecule has 2 aliphatic rings. The number of rotatable bonds is 3. The Kier molecular flexibility index (Phi) is 3.59. The van der Waals surface area contributed by atoms with E-state index in [0.717, 1.165) is 12.5 Å². The third kappa shape index (κ3) is 2.49. The van der Waals surface area contributed by atoms with E-state index in [-0.39, 0.29) is 5.91 Å². The number of hydrogen-bond acceptors (Lipinski definition) is 3. The molecule has 86 valence electrons. The minimum atomic E-state index is -0.0557. The summed E-state index contributed by atoms with van der Waals surface area (Å²) < 4.78 is 0. The van der Waals surface area contributed by atoms with Crippen molar-refractivity contribution in [3.63, 3.8) is 0 Å². The number of nitrogens with two attached hydrogens (primary N) is 1. The molecule has 1 amide bonds. The monoisotopic (exact) mass is 211 g/mol. The average Bonchev–Trinajstić information content (AvgIpc) is 2.86. The van der Waals surface area contributed by atoms with Crippen molar-refractivity contribution in [2.24, 2.45) is 11.8 Å². The lowest BCUT2D eigenvalue weighted by molar-refractivity contribution is -0.122. The quantitative estimate of drug-likeness (QED) is 0.409. The van der Waals surface area contributed by atoms with Crippen LogP contribution in [-0.4, -0.2) is 29.9 Å². The number of carbonyl (C=O) groups is 1. The fraction of sp³-hybridized carbons (Fsp3) is 0.909. The zero-order chi connectivity index (χ0) is 10.7. The molecule has 1 heterocycles. The van der Waals surface area contributed by atoms with Crippen molar-refractivity contribution in [2.45, 2.75) is 44.6 Å². The molecule has 2 fully saturated rings. The molecular weight excluding hydrogens is 190 g/mol. The average molecular weight is 211 g/mol. The third-order valence-corrected chi connectivity index (χ3v) is 3.87. The fourth-order valence-electron chi connectivity index (χ4n) is 3.15. The summed E-state index contributed by atoms with van der Waals surface area (Å²) in [6, 6.07) is 0.643. The SMILES string of the molecule is NNC(=O)CN1CCCC1C1CCCC1. The van der Waals surface area contributed by atoms with Gasteiger partial charge in [-0.1, -0.05) is 12.8 Å². The van der Waals surface area contributed by atoms with Gasteiger partial charge in [0.25, 0.3) is 0 Å². The zero-order valence-corrected chi connectivity index (χ0v) is 9.24. The van der Waals surface area contributed by atoms with Gasteiger partial charge in [0.2, 0.25) is 5.91 Å². The van der Waals surface area contributed by atoms with Gasteiger partial charge in [0.1, 0.15) is 0 Å². The summed E-state index contributed by atoms with van der Waals surface area (Å²) in [5.74, 6) is 5.90. The lowest BCUT2D eigenvalue weighted by Crippen LogP contribution is -2.44. The maximum atomic E-state index is 11.3. The van der Waals surface area contributed by atoms with E-state index in [9.17, 15) is 4.79 Å². The van der Waals surface area contributed by atoms with E-state index in [1.54, 1.807) is 0 Å². The Bertz CT molecular complexity index is 226. The first-order valence-corrected chi connectivity index (χ1v) is 6.05. The van der Waals surface area contributed by atoms with E-state index in [2.05, 4.69) is 10.3 Å². The molecule has 15 heavy (non-hydrogen) atoms. The molecule has 2 rings (SSSR count). The van der Waals surface area contributed by atoms with E-state index in [0.29, 0.717) is 12.6 Å². The molecule has 0 aromatic heterocycles. The Morgan fingerprint density at radius 2 is 2.00 bits per heavy atom. The number of nitrogens with one attached hydrogen (secondary N) is 1. The highest BCUT2D eigenvalue weighted by Gasteiger charge is 2.33. The number of likely N-dealkylation sites (tertiary alicyclic amines) is 1.